The smallest absolute Gasteiger partial charge is 0.220 e. The SMILES string of the molecule is CC(C)[C@@H]1CCc2ccccc2[C@@H]1NC(=O)CCc1cccnc1. The second kappa shape index (κ2) is 7.61. The van der Waals surface area contributed by atoms with Gasteiger partial charge < -0.3 is 5.32 Å². The molecule has 3 rings (SSSR count). The Morgan fingerprint density at radius 3 is 2.83 bits per heavy atom. The fourth-order valence-corrected chi connectivity index (χ4v) is 3.74. The van der Waals surface area contributed by atoms with Gasteiger partial charge in [-0.05, 0) is 53.9 Å². The minimum Gasteiger partial charge on any atom is -0.349 e. The van der Waals surface area contributed by atoms with E-state index in [1.165, 1.54) is 11.1 Å². The normalized spacial score (nSPS) is 19.8. The highest BCUT2D eigenvalue weighted by Gasteiger charge is 2.32. The van der Waals surface area contributed by atoms with E-state index in [1.807, 2.05) is 18.3 Å². The van der Waals surface area contributed by atoms with Gasteiger partial charge in [0.05, 0.1) is 6.04 Å². The number of fused-ring (bicyclic) bond motifs is 1. The van der Waals surface area contributed by atoms with E-state index < -0.39 is 0 Å². The van der Waals surface area contributed by atoms with Crippen molar-refractivity contribution in [2.45, 2.75) is 45.6 Å². The Morgan fingerprint density at radius 1 is 1.25 bits per heavy atom. The van der Waals surface area contributed by atoms with Crippen molar-refractivity contribution in [2.75, 3.05) is 0 Å². The molecule has 1 aliphatic rings. The van der Waals surface area contributed by atoms with Gasteiger partial charge in [0.2, 0.25) is 5.91 Å². The molecule has 1 aromatic carbocycles. The minimum atomic E-state index is 0.131. The van der Waals surface area contributed by atoms with Crippen LogP contribution in [0.15, 0.2) is 48.8 Å². The number of hydrogen-bond donors (Lipinski definition) is 1. The van der Waals surface area contributed by atoms with Crippen LogP contribution < -0.4 is 5.32 Å². The van der Waals surface area contributed by atoms with Crippen LogP contribution in [0.4, 0.5) is 0 Å². The topological polar surface area (TPSA) is 42.0 Å². The van der Waals surface area contributed by atoms with Crippen molar-refractivity contribution >= 4 is 5.91 Å². The summed E-state index contributed by atoms with van der Waals surface area (Å²) in [5.74, 6) is 1.19. The average Bonchev–Trinajstić information content (AvgIpc) is 2.61. The molecule has 1 aliphatic carbocycles. The van der Waals surface area contributed by atoms with E-state index in [4.69, 9.17) is 0 Å². The highest BCUT2D eigenvalue weighted by atomic mass is 16.1. The predicted molar refractivity (Wildman–Crippen MR) is 96.5 cm³/mol. The molecule has 0 unspecified atom stereocenters. The Hall–Kier alpha value is -2.16. The van der Waals surface area contributed by atoms with E-state index in [0.717, 1.165) is 24.8 Å². The van der Waals surface area contributed by atoms with Gasteiger partial charge in [0.15, 0.2) is 0 Å². The van der Waals surface area contributed by atoms with Crippen molar-refractivity contribution in [3.63, 3.8) is 0 Å². The Kier molecular flexibility index (Phi) is 5.29. The molecule has 0 saturated carbocycles. The van der Waals surface area contributed by atoms with Gasteiger partial charge in [-0.1, -0.05) is 44.2 Å². The molecule has 0 spiro atoms. The van der Waals surface area contributed by atoms with Gasteiger partial charge in [-0.3, -0.25) is 9.78 Å². The molecular formula is C21H26N2O. The Balaban J connectivity index is 1.70. The largest absolute Gasteiger partial charge is 0.349 e. The second-order valence-corrected chi connectivity index (χ2v) is 7.05. The number of benzene rings is 1. The molecular weight excluding hydrogens is 296 g/mol. The molecule has 126 valence electrons. The van der Waals surface area contributed by atoms with Gasteiger partial charge in [0.1, 0.15) is 0 Å². The van der Waals surface area contributed by atoms with Crippen molar-refractivity contribution in [1.29, 1.82) is 0 Å². The third-order valence-electron chi connectivity index (χ3n) is 5.10. The molecule has 0 radical (unpaired) electrons. The lowest BCUT2D eigenvalue weighted by Crippen LogP contribution is -2.38. The lowest BCUT2D eigenvalue weighted by atomic mass is 9.74. The number of aryl methyl sites for hydroxylation is 2. The summed E-state index contributed by atoms with van der Waals surface area (Å²) >= 11 is 0. The summed E-state index contributed by atoms with van der Waals surface area (Å²) in [5, 5.41) is 3.32. The van der Waals surface area contributed by atoms with Gasteiger partial charge >= 0.3 is 0 Å². The maximum absolute atomic E-state index is 12.5. The Labute approximate surface area is 144 Å². The van der Waals surface area contributed by atoms with Crippen LogP contribution in [0.2, 0.25) is 0 Å². The van der Waals surface area contributed by atoms with Crippen LogP contribution in [-0.2, 0) is 17.6 Å². The standard InChI is InChI=1S/C21H26N2O/c1-15(2)18-11-10-17-7-3-4-8-19(17)21(18)23-20(24)12-9-16-6-5-13-22-14-16/h3-8,13-15,18,21H,9-12H2,1-2H3,(H,23,24)/t18-,21+/m0/s1. The van der Waals surface area contributed by atoms with Gasteiger partial charge in [-0.25, -0.2) is 0 Å². The third kappa shape index (κ3) is 3.84. The number of aromatic nitrogens is 1. The van der Waals surface area contributed by atoms with E-state index >= 15 is 0 Å². The molecule has 3 nitrogen and oxygen atoms in total. The first-order valence-corrected chi connectivity index (χ1v) is 8.91. The maximum atomic E-state index is 12.5. The number of amides is 1. The predicted octanol–water partition coefficient (Wildman–Crippen LogP) is 4.09. The summed E-state index contributed by atoms with van der Waals surface area (Å²) in [6.07, 6.45) is 7.09. The second-order valence-electron chi connectivity index (χ2n) is 7.05. The zero-order valence-corrected chi connectivity index (χ0v) is 14.5. The van der Waals surface area contributed by atoms with Crippen molar-refractivity contribution in [3.8, 4) is 0 Å². The maximum Gasteiger partial charge on any atom is 0.220 e. The fraction of sp³-hybridized carbons (Fsp3) is 0.429. The number of pyridine rings is 1. The van der Waals surface area contributed by atoms with E-state index in [9.17, 15) is 4.79 Å². The number of rotatable bonds is 5. The third-order valence-corrected chi connectivity index (χ3v) is 5.10. The zero-order valence-electron chi connectivity index (χ0n) is 14.5. The van der Waals surface area contributed by atoms with E-state index in [0.29, 0.717) is 18.3 Å². The number of carbonyl (C=O) groups excluding carboxylic acids is 1. The number of nitrogens with zero attached hydrogens (tertiary/aromatic N) is 1. The molecule has 24 heavy (non-hydrogen) atoms. The summed E-state index contributed by atoms with van der Waals surface area (Å²) in [6, 6.07) is 12.6. The van der Waals surface area contributed by atoms with Gasteiger partial charge in [-0.15, -0.1) is 0 Å². The van der Waals surface area contributed by atoms with E-state index in [-0.39, 0.29) is 11.9 Å². The Bertz CT molecular complexity index is 681. The first-order chi connectivity index (χ1) is 11.6. The molecule has 0 saturated heterocycles. The highest BCUT2D eigenvalue weighted by molar-refractivity contribution is 5.76. The minimum absolute atomic E-state index is 0.131. The summed E-state index contributed by atoms with van der Waals surface area (Å²) < 4.78 is 0. The number of hydrogen-bond acceptors (Lipinski definition) is 2. The average molecular weight is 322 g/mol. The summed E-state index contributed by atoms with van der Waals surface area (Å²) in [6.45, 7) is 4.51. The van der Waals surface area contributed by atoms with Crippen LogP contribution in [0.1, 0.15) is 49.4 Å². The molecule has 2 atom stereocenters. The molecule has 0 aliphatic heterocycles. The van der Waals surface area contributed by atoms with Crippen LogP contribution in [0.5, 0.6) is 0 Å². The summed E-state index contributed by atoms with van der Waals surface area (Å²) in [4.78, 5) is 16.6. The van der Waals surface area contributed by atoms with Gasteiger partial charge in [0.25, 0.3) is 0 Å². The summed E-state index contributed by atoms with van der Waals surface area (Å²) in [7, 11) is 0. The lowest BCUT2D eigenvalue weighted by Gasteiger charge is -2.36. The number of nitrogens with one attached hydrogen (secondary N) is 1. The van der Waals surface area contributed by atoms with Crippen molar-refractivity contribution in [1.82, 2.24) is 10.3 Å². The van der Waals surface area contributed by atoms with Crippen LogP contribution >= 0.6 is 0 Å². The fourth-order valence-electron chi connectivity index (χ4n) is 3.74. The molecule has 1 N–H and O–H groups in total. The molecule has 0 bridgehead atoms. The highest BCUT2D eigenvalue weighted by Crippen LogP contribution is 2.38. The van der Waals surface area contributed by atoms with Gasteiger partial charge in [0, 0.05) is 18.8 Å². The van der Waals surface area contributed by atoms with E-state index in [1.54, 1.807) is 6.20 Å². The molecule has 1 amide bonds. The van der Waals surface area contributed by atoms with Gasteiger partial charge in [-0.2, -0.15) is 0 Å². The van der Waals surface area contributed by atoms with Crippen LogP contribution in [0.25, 0.3) is 0 Å². The molecule has 3 heteroatoms. The molecule has 2 aromatic rings. The first kappa shape index (κ1) is 16.7. The Morgan fingerprint density at radius 2 is 2.08 bits per heavy atom. The summed E-state index contributed by atoms with van der Waals surface area (Å²) in [5.41, 5.74) is 3.79. The zero-order chi connectivity index (χ0) is 16.9. The quantitative estimate of drug-likeness (QED) is 0.901. The van der Waals surface area contributed by atoms with Crippen molar-refractivity contribution in [3.05, 3.63) is 65.5 Å². The molecule has 0 fully saturated rings. The van der Waals surface area contributed by atoms with Crippen molar-refractivity contribution in [2.24, 2.45) is 11.8 Å². The van der Waals surface area contributed by atoms with E-state index in [2.05, 4.69) is 48.4 Å². The molecule has 1 aromatic heterocycles. The van der Waals surface area contributed by atoms with Crippen LogP contribution in [0.3, 0.4) is 0 Å². The lowest BCUT2D eigenvalue weighted by molar-refractivity contribution is -0.122. The van der Waals surface area contributed by atoms with Crippen LogP contribution in [-0.4, -0.2) is 10.9 Å². The first-order valence-electron chi connectivity index (χ1n) is 8.91. The van der Waals surface area contributed by atoms with Crippen LogP contribution in [0, 0.1) is 11.8 Å². The van der Waals surface area contributed by atoms with Crippen molar-refractivity contribution < 1.29 is 4.79 Å². The molecule has 1 heterocycles. The number of carbonyl (C=O) groups is 1. The monoisotopic (exact) mass is 322 g/mol.